The van der Waals surface area contributed by atoms with Crippen LogP contribution in [0, 0.1) is 5.41 Å². The van der Waals surface area contributed by atoms with Gasteiger partial charge in [0.15, 0.2) is 0 Å². The van der Waals surface area contributed by atoms with Crippen LogP contribution in [0.15, 0.2) is 22.7 Å². The van der Waals surface area contributed by atoms with Crippen LogP contribution in [0.25, 0.3) is 0 Å². The van der Waals surface area contributed by atoms with Gasteiger partial charge in [-0.1, -0.05) is 15.9 Å². The first-order valence-corrected chi connectivity index (χ1v) is 7.49. The molecule has 1 aromatic carbocycles. The van der Waals surface area contributed by atoms with Gasteiger partial charge in [0.05, 0.1) is 13.2 Å². The summed E-state index contributed by atoms with van der Waals surface area (Å²) in [6, 6.07) is 6.15. The molecule has 0 radical (unpaired) electrons. The van der Waals surface area contributed by atoms with Crippen LogP contribution in [-0.4, -0.2) is 33.4 Å². The molecule has 1 aliphatic heterocycles. The Morgan fingerprint density at radius 3 is 2.89 bits per heavy atom. The van der Waals surface area contributed by atoms with Crippen LogP contribution in [0.5, 0.6) is 5.75 Å². The normalized spacial score (nSPS) is 26.6. The van der Waals surface area contributed by atoms with E-state index in [1.54, 1.807) is 7.11 Å². The van der Waals surface area contributed by atoms with Gasteiger partial charge in [0.25, 0.3) is 0 Å². The first kappa shape index (κ1) is 14.8. The van der Waals surface area contributed by atoms with Gasteiger partial charge in [-0.25, -0.2) is 0 Å². The molecule has 0 bridgehead atoms. The van der Waals surface area contributed by atoms with Crippen molar-refractivity contribution < 1.29 is 9.47 Å². The van der Waals surface area contributed by atoms with Crippen LogP contribution < -0.4 is 10.1 Å². The molecule has 19 heavy (non-hydrogen) atoms. The summed E-state index contributed by atoms with van der Waals surface area (Å²) in [7, 11) is 3.71. The SMILES string of the molecule is CNCC1(Cc2cc(OC)ccc2Br)CCOC1C. The molecule has 1 aromatic rings. The molecule has 0 saturated carbocycles. The molecular weight excluding hydrogens is 306 g/mol. The largest absolute Gasteiger partial charge is 0.497 e. The highest BCUT2D eigenvalue weighted by Crippen LogP contribution is 2.39. The zero-order valence-corrected chi connectivity index (χ0v) is 13.4. The molecule has 1 N–H and O–H groups in total. The van der Waals surface area contributed by atoms with E-state index in [9.17, 15) is 0 Å². The number of benzene rings is 1. The van der Waals surface area contributed by atoms with Crippen molar-refractivity contribution >= 4 is 15.9 Å². The summed E-state index contributed by atoms with van der Waals surface area (Å²) in [5.74, 6) is 0.907. The maximum absolute atomic E-state index is 5.80. The summed E-state index contributed by atoms with van der Waals surface area (Å²) in [6.07, 6.45) is 2.36. The first-order chi connectivity index (χ1) is 9.11. The van der Waals surface area contributed by atoms with Gasteiger partial charge in [-0.15, -0.1) is 0 Å². The molecule has 0 amide bonds. The lowest BCUT2D eigenvalue weighted by molar-refractivity contribution is 0.0639. The lowest BCUT2D eigenvalue weighted by Gasteiger charge is -2.32. The van der Waals surface area contributed by atoms with Gasteiger partial charge in [0, 0.05) is 23.0 Å². The highest BCUT2D eigenvalue weighted by atomic mass is 79.9. The summed E-state index contributed by atoms with van der Waals surface area (Å²) in [5, 5.41) is 3.32. The molecule has 0 aliphatic carbocycles. The highest BCUT2D eigenvalue weighted by molar-refractivity contribution is 9.10. The quantitative estimate of drug-likeness (QED) is 0.901. The number of nitrogens with one attached hydrogen (secondary N) is 1. The van der Waals surface area contributed by atoms with Gasteiger partial charge in [0.2, 0.25) is 0 Å². The second-order valence-corrected chi connectivity index (χ2v) is 6.14. The third-order valence-corrected chi connectivity index (χ3v) is 4.93. The van der Waals surface area contributed by atoms with Crippen molar-refractivity contribution in [1.29, 1.82) is 0 Å². The predicted molar refractivity (Wildman–Crippen MR) is 80.8 cm³/mol. The van der Waals surface area contributed by atoms with E-state index in [1.807, 2.05) is 13.1 Å². The van der Waals surface area contributed by atoms with Crippen molar-refractivity contribution in [2.24, 2.45) is 5.41 Å². The number of ether oxygens (including phenoxy) is 2. The molecule has 0 spiro atoms. The molecule has 0 aromatic heterocycles. The third kappa shape index (κ3) is 3.12. The Bertz CT molecular complexity index is 438. The van der Waals surface area contributed by atoms with E-state index in [1.165, 1.54) is 5.56 Å². The lowest BCUT2D eigenvalue weighted by atomic mass is 9.76. The zero-order chi connectivity index (χ0) is 13.9. The third-order valence-electron chi connectivity index (χ3n) is 4.15. The maximum Gasteiger partial charge on any atom is 0.119 e. The first-order valence-electron chi connectivity index (χ1n) is 6.70. The zero-order valence-electron chi connectivity index (χ0n) is 11.8. The maximum atomic E-state index is 5.80. The van der Waals surface area contributed by atoms with Crippen molar-refractivity contribution in [3.05, 3.63) is 28.2 Å². The second kappa shape index (κ2) is 6.25. The van der Waals surface area contributed by atoms with E-state index in [-0.39, 0.29) is 11.5 Å². The van der Waals surface area contributed by atoms with Crippen molar-refractivity contribution in [3.8, 4) is 5.75 Å². The smallest absolute Gasteiger partial charge is 0.119 e. The Hall–Kier alpha value is -0.580. The van der Waals surface area contributed by atoms with Crippen LogP contribution in [0.1, 0.15) is 18.9 Å². The average Bonchev–Trinajstić information content (AvgIpc) is 2.74. The minimum absolute atomic E-state index is 0.170. The Balaban J connectivity index is 2.26. The van der Waals surface area contributed by atoms with Gasteiger partial charge in [0.1, 0.15) is 5.75 Å². The average molecular weight is 328 g/mol. The number of methoxy groups -OCH3 is 1. The van der Waals surface area contributed by atoms with E-state index in [0.717, 1.165) is 36.2 Å². The minimum Gasteiger partial charge on any atom is -0.497 e. The Morgan fingerprint density at radius 2 is 2.32 bits per heavy atom. The van der Waals surface area contributed by atoms with E-state index >= 15 is 0 Å². The summed E-state index contributed by atoms with van der Waals surface area (Å²) in [4.78, 5) is 0. The molecule has 2 rings (SSSR count). The number of hydrogen-bond donors (Lipinski definition) is 1. The molecule has 1 saturated heterocycles. The van der Waals surface area contributed by atoms with Crippen molar-refractivity contribution in [3.63, 3.8) is 0 Å². The minimum atomic E-state index is 0.170. The molecule has 3 nitrogen and oxygen atoms in total. The number of halogens is 1. The van der Waals surface area contributed by atoms with Crippen molar-refractivity contribution in [1.82, 2.24) is 5.32 Å². The Kier molecular flexibility index (Phi) is 4.87. The Morgan fingerprint density at radius 1 is 1.53 bits per heavy atom. The fraction of sp³-hybridized carbons (Fsp3) is 0.600. The van der Waals surface area contributed by atoms with E-state index in [2.05, 4.69) is 40.3 Å². The van der Waals surface area contributed by atoms with Crippen LogP contribution in [0.2, 0.25) is 0 Å². The molecule has 1 aliphatic rings. The number of rotatable bonds is 5. The van der Waals surface area contributed by atoms with Crippen molar-refractivity contribution in [2.75, 3.05) is 27.3 Å². The van der Waals surface area contributed by atoms with Gasteiger partial charge in [-0.3, -0.25) is 0 Å². The van der Waals surface area contributed by atoms with Gasteiger partial charge in [-0.2, -0.15) is 0 Å². The van der Waals surface area contributed by atoms with Gasteiger partial charge in [-0.05, 0) is 50.6 Å². The highest BCUT2D eigenvalue weighted by Gasteiger charge is 2.41. The number of hydrogen-bond acceptors (Lipinski definition) is 3. The van der Waals surface area contributed by atoms with Crippen LogP contribution in [0.4, 0.5) is 0 Å². The summed E-state index contributed by atoms with van der Waals surface area (Å²) < 4.78 is 12.3. The van der Waals surface area contributed by atoms with E-state index in [0.29, 0.717) is 0 Å². The molecular formula is C15H22BrNO2. The van der Waals surface area contributed by atoms with Crippen molar-refractivity contribution in [2.45, 2.75) is 25.9 Å². The fourth-order valence-corrected chi connectivity index (χ4v) is 3.28. The molecule has 106 valence electrons. The lowest BCUT2D eigenvalue weighted by Crippen LogP contribution is -2.40. The fourth-order valence-electron chi connectivity index (χ4n) is 2.89. The van der Waals surface area contributed by atoms with E-state index in [4.69, 9.17) is 9.47 Å². The summed E-state index contributed by atoms with van der Waals surface area (Å²) in [5.41, 5.74) is 1.45. The Labute approximate surface area is 123 Å². The predicted octanol–water partition coefficient (Wildman–Crippen LogP) is 3.01. The molecule has 2 atom stereocenters. The molecule has 1 heterocycles. The topological polar surface area (TPSA) is 30.5 Å². The standard InChI is InChI=1S/C15H22BrNO2/c1-11-15(10-17-2,6-7-19-11)9-12-8-13(18-3)4-5-14(12)16/h4-5,8,11,17H,6-7,9-10H2,1-3H3. The molecule has 1 fully saturated rings. The van der Waals surface area contributed by atoms with Crippen LogP contribution in [0.3, 0.4) is 0 Å². The van der Waals surface area contributed by atoms with Crippen LogP contribution in [-0.2, 0) is 11.2 Å². The van der Waals surface area contributed by atoms with Gasteiger partial charge < -0.3 is 14.8 Å². The second-order valence-electron chi connectivity index (χ2n) is 5.29. The monoisotopic (exact) mass is 327 g/mol. The summed E-state index contributed by atoms with van der Waals surface area (Å²) in [6.45, 7) is 4.00. The van der Waals surface area contributed by atoms with Gasteiger partial charge >= 0.3 is 0 Å². The van der Waals surface area contributed by atoms with Crippen LogP contribution >= 0.6 is 15.9 Å². The molecule has 2 unspecified atom stereocenters. The van der Waals surface area contributed by atoms with E-state index < -0.39 is 0 Å². The molecule has 4 heteroatoms. The summed E-state index contributed by atoms with van der Waals surface area (Å²) >= 11 is 3.65.